The van der Waals surface area contributed by atoms with Gasteiger partial charge in [-0.05, 0) is 12.8 Å². The van der Waals surface area contributed by atoms with Crippen molar-refractivity contribution in [3.05, 3.63) is 0 Å². The van der Waals surface area contributed by atoms with E-state index >= 15 is 0 Å². The smallest absolute Gasteiger partial charge is 0.241 e. The monoisotopic (exact) mass is 251 g/mol. The van der Waals surface area contributed by atoms with Gasteiger partial charge in [-0.25, -0.2) is 0 Å². The lowest BCUT2D eigenvalue weighted by Gasteiger charge is -2.21. The summed E-state index contributed by atoms with van der Waals surface area (Å²) < 4.78 is 0. The Morgan fingerprint density at radius 1 is 1.19 bits per heavy atom. The second-order valence-electron chi connectivity index (χ2n) is 3.36. The molecule has 0 aromatic heterocycles. The van der Waals surface area contributed by atoms with Gasteiger partial charge >= 0.3 is 0 Å². The molecule has 6 heteroatoms. The minimum absolute atomic E-state index is 0. The van der Waals surface area contributed by atoms with E-state index in [9.17, 15) is 9.59 Å². The second-order valence-corrected chi connectivity index (χ2v) is 3.36. The summed E-state index contributed by atoms with van der Waals surface area (Å²) in [5.41, 5.74) is 5.11. The van der Waals surface area contributed by atoms with Crippen LogP contribution in [-0.4, -0.2) is 42.9 Å². The zero-order valence-corrected chi connectivity index (χ0v) is 10.8. The Hall–Kier alpha value is -0.810. The molecule has 5 nitrogen and oxygen atoms in total. The summed E-state index contributed by atoms with van der Waals surface area (Å²) in [6.45, 7) is 5.50. The molecule has 0 aliphatic heterocycles. The molecule has 0 atom stereocenters. The van der Waals surface area contributed by atoms with Crippen LogP contribution >= 0.6 is 12.4 Å². The number of amides is 2. The lowest BCUT2D eigenvalue weighted by molar-refractivity contribution is -0.132. The van der Waals surface area contributed by atoms with Gasteiger partial charge in [-0.2, -0.15) is 0 Å². The number of nitrogens with two attached hydrogens (primary N) is 1. The van der Waals surface area contributed by atoms with E-state index in [2.05, 4.69) is 5.32 Å². The predicted molar refractivity (Wildman–Crippen MR) is 66.5 cm³/mol. The summed E-state index contributed by atoms with van der Waals surface area (Å²) in [6, 6.07) is 0. The summed E-state index contributed by atoms with van der Waals surface area (Å²) in [6.07, 6.45) is 1.85. The Kier molecular flexibility index (Phi) is 11.8. The molecule has 0 rings (SSSR count). The number of nitrogens with one attached hydrogen (secondary N) is 1. The van der Waals surface area contributed by atoms with E-state index in [-0.39, 0.29) is 37.3 Å². The number of rotatable bonds is 7. The molecule has 0 aromatic carbocycles. The van der Waals surface area contributed by atoms with E-state index in [0.29, 0.717) is 0 Å². The number of carbonyl (C=O) groups excluding carboxylic acids is 2. The van der Waals surface area contributed by atoms with Crippen LogP contribution in [0, 0.1) is 0 Å². The third-order valence-corrected chi connectivity index (χ3v) is 1.96. The maximum absolute atomic E-state index is 11.6. The molecular weight excluding hydrogens is 230 g/mol. The van der Waals surface area contributed by atoms with Crippen LogP contribution in [-0.2, 0) is 9.59 Å². The number of carbonyl (C=O) groups is 2. The molecular formula is C10H22ClN3O2. The van der Waals surface area contributed by atoms with Crippen molar-refractivity contribution in [2.45, 2.75) is 26.7 Å². The molecule has 96 valence electrons. The summed E-state index contributed by atoms with van der Waals surface area (Å²) in [7, 11) is 0. The van der Waals surface area contributed by atoms with Crippen LogP contribution in [0.1, 0.15) is 26.7 Å². The van der Waals surface area contributed by atoms with Gasteiger partial charge in [0.05, 0.1) is 13.1 Å². The van der Waals surface area contributed by atoms with E-state index in [1.54, 1.807) is 4.90 Å². The fourth-order valence-corrected chi connectivity index (χ4v) is 1.26. The number of hydrogen-bond donors (Lipinski definition) is 2. The Bertz CT molecular complexity index is 206. The van der Waals surface area contributed by atoms with Crippen molar-refractivity contribution in [1.29, 1.82) is 0 Å². The molecule has 16 heavy (non-hydrogen) atoms. The minimum Gasteiger partial charge on any atom is -0.346 e. The summed E-state index contributed by atoms with van der Waals surface area (Å²) in [5.74, 6) is -0.336. The molecule has 0 aromatic rings. The van der Waals surface area contributed by atoms with Crippen molar-refractivity contribution in [2.75, 3.05) is 26.2 Å². The Morgan fingerprint density at radius 2 is 1.69 bits per heavy atom. The highest BCUT2D eigenvalue weighted by molar-refractivity contribution is 5.85. The minimum atomic E-state index is -0.295. The van der Waals surface area contributed by atoms with Crippen LogP contribution in [0.15, 0.2) is 0 Å². The zero-order valence-electron chi connectivity index (χ0n) is 9.99. The molecule has 0 saturated heterocycles. The molecule has 3 N–H and O–H groups in total. The number of nitrogens with zero attached hydrogens (tertiary/aromatic N) is 1. The standard InChI is InChI=1S/C10H21N3O2.ClH/c1-3-5-13(6-4-2)10(15)8-12-9(14)7-11;/h3-8,11H2,1-2H3,(H,12,14);1H. The first-order valence-corrected chi connectivity index (χ1v) is 5.40. The van der Waals surface area contributed by atoms with E-state index in [1.165, 1.54) is 0 Å². The predicted octanol–water partition coefficient (Wildman–Crippen LogP) is 0.132. The average Bonchev–Trinajstić information content (AvgIpc) is 2.25. The first-order chi connectivity index (χ1) is 7.15. The quantitative estimate of drug-likeness (QED) is 0.676. The van der Waals surface area contributed by atoms with Crippen LogP contribution in [0.3, 0.4) is 0 Å². The maximum Gasteiger partial charge on any atom is 0.241 e. The van der Waals surface area contributed by atoms with E-state index in [0.717, 1.165) is 25.9 Å². The molecule has 0 heterocycles. The highest BCUT2D eigenvalue weighted by Crippen LogP contribution is 1.94. The van der Waals surface area contributed by atoms with Crippen molar-refractivity contribution < 1.29 is 9.59 Å². The fraction of sp³-hybridized carbons (Fsp3) is 0.800. The van der Waals surface area contributed by atoms with Gasteiger partial charge in [0.1, 0.15) is 0 Å². The molecule has 2 amide bonds. The van der Waals surface area contributed by atoms with Crippen LogP contribution < -0.4 is 11.1 Å². The van der Waals surface area contributed by atoms with Crippen LogP contribution in [0.4, 0.5) is 0 Å². The second kappa shape index (κ2) is 10.7. The summed E-state index contributed by atoms with van der Waals surface area (Å²) in [5, 5.41) is 2.47. The Balaban J connectivity index is 0. The maximum atomic E-state index is 11.6. The lowest BCUT2D eigenvalue weighted by atomic mass is 10.3. The van der Waals surface area contributed by atoms with Gasteiger partial charge < -0.3 is 16.0 Å². The summed E-state index contributed by atoms with van der Waals surface area (Å²) in [4.78, 5) is 24.2. The SMILES string of the molecule is CCCN(CCC)C(=O)CNC(=O)CN.Cl. The van der Waals surface area contributed by atoms with Gasteiger partial charge in [-0.1, -0.05) is 13.8 Å². The molecule has 0 aliphatic rings. The number of halogens is 1. The van der Waals surface area contributed by atoms with Gasteiger partial charge in [-0.3, -0.25) is 9.59 Å². The molecule has 0 saturated carbocycles. The molecule has 0 unspecified atom stereocenters. The fourth-order valence-electron chi connectivity index (χ4n) is 1.26. The normalized spacial score (nSPS) is 9.19. The first-order valence-electron chi connectivity index (χ1n) is 5.40. The molecule has 0 spiro atoms. The highest BCUT2D eigenvalue weighted by atomic mass is 35.5. The lowest BCUT2D eigenvalue weighted by Crippen LogP contribution is -2.42. The first kappa shape index (κ1) is 17.6. The van der Waals surface area contributed by atoms with Crippen molar-refractivity contribution in [2.24, 2.45) is 5.73 Å². The number of hydrogen-bond acceptors (Lipinski definition) is 3. The van der Waals surface area contributed by atoms with E-state index in [4.69, 9.17) is 5.73 Å². The van der Waals surface area contributed by atoms with Gasteiger partial charge in [0, 0.05) is 13.1 Å². The van der Waals surface area contributed by atoms with Gasteiger partial charge in [-0.15, -0.1) is 12.4 Å². The average molecular weight is 252 g/mol. The highest BCUT2D eigenvalue weighted by Gasteiger charge is 2.11. The van der Waals surface area contributed by atoms with Crippen LogP contribution in [0.25, 0.3) is 0 Å². The Labute approximate surface area is 103 Å². The third-order valence-electron chi connectivity index (χ3n) is 1.96. The molecule has 0 fully saturated rings. The largest absolute Gasteiger partial charge is 0.346 e. The van der Waals surface area contributed by atoms with E-state index < -0.39 is 0 Å². The van der Waals surface area contributed by atoms with Crippen LogP contribution in [0.5, 0.6) is 0 Å². The van der Waals surface area contributed by atoms with Gasteiger partial charge in [0.15, 0.2) is 0 Å². The summed E-state index contributed by atoms with van der Waals surface area (Å²) >= 11 is 0. The van der Waals surface area contributed by atoms with Crippen molar-refractivity contribution >= 4 is 24.2 Å². The Morgan fingerprint density at radius 3 is 2.06 bits per heavy atom. The topological polar surface area (TPSA) is 75.4 Å². The van der Waals surface area contributed by atoms with Gasteiger partial charge in [0.2, 0.25) is 11.8 Å². The van der Waals surface area contributed by atoms with Gasteiger partial charge in [0.25, 0.3) is 0 Å². The van der Waals surface area contributed by atoms with Crippen LogP contribution in [0.2, 0.25) is 0 Å². The third kappa shape index (κ3) is 7.48. The molecule has 0 radical (unpaired) electrons. The van der Waals surface area contributed by atoms with Crippen molar-refractivity contribution in [3.63, 3.8) is 0 Å². The molecule has 0 aliphatic carbocycles. The zero-order chi connectivity index (χ0) is 11.7. The van der Waals surface area contributed by atoms with Crippen molar-refractivity contribution in [1.82, 2.24) is 10.2 Å². The van der Waals surface area contributed by atoms with E-state index in [1.807, 2.05) is 13.8 Å². The molecule has 0 bridgehead atoms. The van der Waals surface area contributed by atoms with Crippen molar-refractivity contribution in [3.8, 4) is 0 Å².